The molecule has 0 atom stereocenters. The van der Waals surface area contributed by atoms with Crippen molar-refractivity contribution in [2.45, 2.75) is 4.90 Å². The van der Waals surface area contributed by atoms with E-state index in [4.69, 9.17) is 5.26 Å². The molecule has 0 bridgehead atoms. The Hall–Kier alpha value is -1.06. The number of rotatable bonds is 3. The molecule has 0 aliphatic carbocycles. The lowest BCUT2D eigenvalue weighted by atomic mass is 10.2. The van der Waals surface area contributed by atoms with Crippen LogP contribution in [0.2, 0.25) is 0 Å². The van der Waals surface area contributed by atoms with E-state index in [1.807, 2.05) is 6.07 Å². The third-order valence-electron chi connectivity index (χ3n) is 1.14. The number of hydrogen-bond acceptors (Lipinski definition) is 5. The first-order valence-corrected chi connectivity index (χ1v) is 3.74. The zero-order valence-corrected chi connectivity index (χ0v) is 6.71. The Bertz CT molecular complexity index is 280. The number of hydrogen-bond donors (Lipinski definition) is 0. The second-order valence-corrected chi connectivity index (χ2v) is 2.63. The third kappa shape index (κ3) is 2.53. The Kier molecular flexibility index (Phi) is 3.57. The highest BCUT2D eigenvalue weighted by molar-refractivity contribution is 7.94. The van der Waals surface area contributed by atoms with E-state index in [9.17, 15) is 5.26 Å². The van der Waals surface area contributed by atoms with E-state index in [1.165, 1.54) is 0 Å². The molecule has 0 saturated heterocycles. The van der Waals surface area contributed by atoms with Crippen LogP contribution >= 0.6 is 12.0 Å². The number of nitrogens with zero attached hydrogens (tertiary/aromatic N) is 1. The largest absolute Gasteiger partial charge is 0.691 e. The maximum absolute atomic E-state index is 9.43. The van der Waals surface area contributed by atoms with Crippen LogP contribution in [-0.2, 0) is 9.37 Å². The summed E-state index contributed by atoms with van der Waals surface area (Å²) in [5.41, 5.74) is 0.558. The minimum absolute atomic E-state index is 0.558. The van der Waals surface area contributed by atoms with Crippen molar-refractivity contribution in [1.29, 1.82) is 5.26 Å². The summed E-state index contributed by atoms with van der Waals surface area (Å²) in [5.74, 6) is 0. The normalized spacial score (nSPS) is 9.33. The Balaban J connectivity index is 2.60. The number of benzene rings is 1. The van der Waals surface area contributed by atoms with Gasteiger partial charge in [-0.05, 0) is 24.3 Å². The standard InChI is InChI=1S/C7H5NO3S/c8-5-6-1-3-7(4-2-6)12-11-10-9/h1-4,9H/p-1. The average molecular weight is 182 g/mol. The first-order chi connectivity index (χ1) is 5.86. The Morgan fingerprint density at radius 3 is 2.50 bits per heavy atom. The van der Waals surface area contributed by atoms with Crippen molar-refractivity contribution in [3.63, 3.8) is 0 Å². The van der Waals surface area contributed by atoms with E-state index in [1.54, 1.807) is 24.3 Å². The van der Waals surface area contributed by atoms with Crippen LogP contribution in [0, 0.1) is 11.3 Å². The molecule has 0 N–H and O–H groups in total. The van der Waals surface area contributed by atoms with Gasteiger partial charge in [-0.15, -0.1) is 0 Å². The van der Waals surface area contributed by atoms with Crippen LogP contribution in [0.25, 0.3) is 0 Å². The monoisotopic (exact) mass is 182 g/mol. The first-order valence-electron chi connectivity index (χ1n) is 3.00. The smallest absolute Gasteiger partial charge is 0.0991 e. The summed E-state index contributed by atoms with van der Waals surface area (Å²) in [7, 11) is 0. The SMILES string of the molecule is N#Cc1ccc(SOO[O-])cc1. The molecule has 0 aliphatic rings. The summed E-state index contributed by atoms with van der Waals surface area (Å²) < 4.78 is 4.07. The summed E-state index contributed by atoms with van der Waals surface area (Å²) in [6, 6.07) is 8.52. The van der Waals surface area contributed by atoms with E-state index in [0.29, 0.717) is 10.5 Å². The Morgan fingerprint density at radius 2 is 2.00 bits per heavy atom. The fraction of sp³-hybridized carbons (Fsp3) is 0. The molecule has 62 valence electrons. The molecule has 0 radical (unpaired) electrons. The van der Waals surface area contributed by atoms with Gasteiger partial charge in [0.05, 0.1) is 23.7 Å². The van der Waals surface area contributed by atoms with Crippen LogP contribution in [0.1, 0.15) is 5.56 Å². The van der Waals surface area contributed by atoms with Crippen LogP contribution in [0.4, 0.5) is 0 Å². The van der Waals surface area contributed by atoms with Gasteiger partial charge in [0.25, 0.3) is 0 Å². The van der Waals surface area contributed by atoms with Crippen molar-refractivity contribution in [1.82, 2.24) is 0 Å². The Morgan fingerprint density at radius 1 is 1.33 bits per heavy atom. The molecule has 0 fully saturated rings. The summed E-state index contributed by atoms with van der Waals surface area (Å²) in [6.07, 6.45) is 0. The van der Waals surface area contributed by atoms with E-state index in [2.05, 4.69) is 9.37 Å². The molecule has 5 heteroatoms. The van der Waals surface area contributed by atoms with Gasteiger partial charge < -0.3 is 5.26 Å². The molecule has 1 aromatic rings. The first kappa shape index (κ1) is 9.03. The molecule has 0 heterocycles. The van der Waals surface area contributed by atoms with E-state index in [-0.39, 0.29) is 0 Å². The highest BCUT2D eigenvalue weighted by atomic mass is 32.2. The summed E-state index contributed by atoms with van der Waals surface area (Å²) in [5, 5.41) is 21.0. The highest BCUT2D eigenvalue weighted by Gasteiger charge is 1.93. The minimum atomic E-state index is 0.558. The van der Waals surface area contributed by atoms with Crippen LogP contribution < -0.4 is 5.26 Å². The maximum atomic E-state index is 9.43. The molecule has 0 aromatic heterocycles. The van der Waals surface area contributed by atoms with Gasteiger partial charge in [-0.3, -0.25) is 5.04 Å². The van der Waals surface area contributed by atoms with Crippen molar-refractivity contribution in [2.24, 2.45) is 0 Å². The van der Waals surface area contributed by atoms with Gasteiger partial charge in [0.1, 0.15) is 0 Å². The topological polar surface area (TPSA) is 65.3 Å². The molecule has 1 rings (SSSR count). The van der Waals surface area contributed by atoms with Gasteiger partial charge in [-0.25, -0.2) is 0 Å². The molecule has 0 amide bonds. The summed E-state index contributed by atoms with van der Waals surface area (Å²) >= 11 is 0.795. The fourth-order valence-corrected chi connectivity index (χ4v) is 0.992. The van der Waals surface area contributed by atoms with E-state index in [0.717, 1.165) is 12.0 Å². The fourth-order valence-electron chi connectivity index (χ4n) is 0.638. The maximum Gasteiger partial charge on any atom is 0.0991 e. The van der Waals surface area contributed by atoms with Crippen molar-refractivity contribution >= 4 is 12.0 Å². The predicted octanol–water partition coefficient (Wildman–Crippen LogP) is 0.789. The average Bonchev–Trinajstić information content (AvgIpc) is 2.15. The van der Waals surface area contributed by atoms with E-state index < -0.39 is 0 Å². The molecule has 0 spiro atoms. The lowest BCUT2D eigenvalue weighted by molar-refractivity contribution is -0.777. The van der Waals surface area contributed by atoms with Gasteiger partial charge in [0.2, 0.25) is 0 Å². The second-order valence-electron chi connectivity index (χ2n) is 1.86. The summed E-state index contributed by atoms with van der Waals surface area (Å²) in [6.45, 7) is 0. The predicted molar refractivity (Wildman–Crippen MR) is 39.2 cm³/mol. The molecular weight excluding hydrogens is 178 g/mol. The zero-order valence-electron chi connectivity index (χ0n) is 5.89. The number of nitriles is 1. The molecule has 1 aromatic carbocycles. The van der Waals surface area contributed by atoms with Gasteiger partial charge in [-0.1, -0.05) is 0 Å². The van der Waals surface area contributed by atoms with E-state index >= 15 is 0 Å². The lowest BCUT2D eigenvalue weighted by Gasteiger charge is -2.02. The van der Waals surface area contributed by atoms with Crippen LogP contribution in [0.5, 0.6) is 0 Å². The van der Waals surface area contributed by atoms with Crippen LogP contribution in [0.3, 0.4) is 0 Å². The quantitative estimate of drug-likeness (QED) is 0.393. The minimum Gasteiger partial charge on any atom is -0.691 e. The molecule has 0 unspecified atom stereocenters. The second kappa shape index (κ2) is 4.74. The highest BCUT2D eigenvalue weighted by Crippen LogP contribution is 2.18. The van der Waals surface area contributed by atoms with Crippen molar-refractivity contribution < 1.29 is 14.6 Å². The molecule has 0 saturated carbocycles. The molecule has 0 aliphatic heterocycles. The van der Waals surface area contributed by atoms with Crippen LogP contribution in [-0.4, -0.2) is 0 Å². The van der Waals surface area contributed by atoms with Gasteiger partial charge >= 0.3 is 0 Å². The molecule has 12 heavy (non-hydrogen) atoms. The molecule has 4 nitrogen and oxygen atoms in total. The van der Waals surface area contributed by atoms with Gasteiger partial charge in [0.15, 0.2) is 0 Å². The van der Waals surface area contributed by atoms with Crippen molar-refractivity contribution in [3.05, 3.63) is 29.8 Å². The third-order valence-corrected chi connectivity index (χ3v) is 1.73. The van der Waals surface area contributed by atoms with Gasteiger partial charge in [0, 0.05) is 4.90 Å². The molecular formula is C7H4NO3S-. The van der Waals surface area contributed by atoms with Crippen LogP contribution in [0.15, 0.2) is 29.2 Å². The zero-order chi connectivity index (χ0) is 8.81. The Labute approximate surface area is 73.4 Å². The van der Waals surface area contributed by atoms with Crippen molar-refractivity contribution in [3.8, 4) is 6.07 Å². The summed E-state index contributed by atoms with van der Waals surface area (Å²) in [4.78, 5) is 0.699. The van der Waals surface area contributed by atoms with Crippen molar-refractivity contribution in [2.75, 3.05) is 0 Å². The lowest BCUT2D eigenvalue weighted by Crippen LogP contribution is -2.00. The van der Waals surface area contributed by atoms with Gasteiger partial charge in [-0.2, -0.15) is 9.60 Å².